The molecule has 0 atom stereocenters. The van der Waals surface area contributed by atoms with E-state index in [2.05, 4.69) is 5.43 Å². The molecule has 0 bridgehead atoms. The molecular weight excluding hydrogens is 539 g/mol. The number of hydrogen-bond donors (Lipinski definition) is 2. The smallest absolute Gasteiger partial charge is 0.338 e. The van der Waals surface area contributed by atoms with Crippen molar-refractivity contribution in [3.05, 3.63) is 135 Å². The van der Waals surface area contributed by atoms with Crippen LogP contribution in [-0.2, 0) is 15.1 Å². The monoisotopic (exact) mass is 562 g/mol. The van der Waals surface area contributed by atoms with Crippen LogP contribution in [0.15, 0.2) is 103 Å². The Morgan fingerprint density at radius 2 is 1.26 bits per heavy atom. The Morgan fingerprint density at radius 1 is 0.769 bits per heavy atom. The number of rotatable bonds is 7. The first-order valence-electron chi connectivity index (χ1n) is 12.0. The second-order valence-corrected chi connectivity index (χ2v) is 9.31. The second-order valence-electron chi connectivity index (χ2n) is 8.44. The van der Waals surface area contributed by atoms with Gasteiger partial charge >= 0.3 is 5.97 Å². The highest BCUT2D eigenvalue weighted by molar-refractivity contribution is 6.30. The third-order valence-corrected chi connectivity index (χ3v) is 6.43. The number of carbonyl (C=O) groups is 3. The molecule has 7 nitrogen and oxygen atoms in total. The first-order valence-corrected chi connectivity index (χ1v) is 12.7. The van der Waals surface area contributed by atoms with E-state index < -0.39 is 23.4 Å². The van der Waals surface area contributed by atoms with Crippen LogP contribution in [0, 0.1) is 0 Å². The Morgan fingerprint density at radius 3 is 1.74 bits per heavy atom. The summed E-state index contributed by atoms with van der Waals surface area (Å²) in [5.41, 5.74) is 1.65. The predicted octanol–water partition coefficient (Wildman–Crippen LogP) is 5.78. The molecule has 39 heavy (non-hydrogen) atoms. The molecule has 2 N–H and O–H groups in total. The van der Waals surface area contributed by atoms with Gasteiger partial charge in [-0.25, -0.2) is 9.80 Å². The SMILES string of the molecule is CCOC(=O)c1ccc(C(=O)N(NC(=O)C(O)(c2ccc(Cl)cc2)c2ccc(Cl)cc2)c2ccccc2)cc1. The van der Waals surface area contributed by atoms with E-state index in [4.69, 9.17) is 27.9 Å². The first kappa shape index (κ1) is 27.9. The van der Waals surface area contributed by atoms with Gasteiger partial charge in [-0.05, 0) is 78.7 Å². The summed E-state index contributed by atoms with van der Waals surface area (Å²) in [6, 6.07) is 26.6. The van der Waals surface area contributed by atoms with E-state index in [1.165, 1.54) is 48.5 Å². The highest BCUT2D eigenvalue weighted by atomic mass is 35.5. The number of aliphatic hydroxyl groups is 1. The summed E-state index contributed by atoms with van der Waals surface area (Å²) in [6.07, 6.45) is 0. The zero-order valence-electron chi connectivity index (χ0n) is 20.8. The van der Waals surface area contributed by atoms with E-state index in [9.17, 15) is 19.5 Å². The van der Waals surface area contributed by atoms with Crippen molar-refractivity contribution in [1.82, 2.24) is 5.43 Å². The van der Waals surface area contributed by atoms with E-state index in [-0.39, 0.29) is 28.9 Å². The van der Waals surface area contributed by atoms with Gasteiger partial charge in [0, 0.05) is 15.6 Å². The summed E-state index contributed by atoms with van der Waals surface area (Å²) >= 11 is 12.1. The fraction of sp³-hybridized carbons (Fsp3) is 0.100. The Hall–Kier alpha value is -4.17. The highest BCUT2D eigenvalue weighted by Gasteiger charge is 2.41. The van der Waals surface area contributed by atoms with Crippen LogP contribution in [0.4, 0.5) is 5.69 Å². The van der Waals surface area contributed by atoms with E-state index in [0.29, 0.717) is 15.7 Å². The van der Waals surface area contributed by atoms with Crippen molar-refractivity contribution in [3.8, 4) is 0 Å². The summed E-state index contributed by atoms with van der Waals surface area (Å²) in [4.78, 5) is 39.6. The van der Waals surface area contributed by atoms with Gasteiger partial charge in [-0.2, -0.15) is 0 Å². The molecule has 0 unspecified atom stereocenters. The van der Waals surface area contributed by atoms with Crippen LogP contribution in [0.5, 0.6) is 0 Å². The van der Waals surface area contributed by atoms with Crippen LogP contribution >= 0.6 is 23.2 Å². The van der Waals surface area contributed by atoms with Gasteiger partial charge in [0.25, 0.3) is 11.8 Å². The molecule has 0 aromatic heterocycles. The van der Waals surface area contributed by atoms with Crippen molar-refractivity contribution >= 4 is 46.7 Å². The maximum Gasteiger partial charge on any atom is 0.338 e. The van der Waals surface area contributed by atoms with Crippen molar-refractivity contribution < 1.29 is 24.2 Å². The van der Waals surface area contributed by atoms with Gasteiger partial charge < -0.3 is 9.84 Å². The Bertz CT molecular complexity index is 1410. The van der Waals surface area contributed by atoms with Crippen LogP contribution in [0.1, 0.15) is 38.8 Å². The van der Waals surface area contributed by atoms with Crippen molar-refractivity contribution in [1.29, 1.82) is 0 Å². The average molecular weight is 563 g/mol. The van der Waals surface area contributed by atoms with Crippen molar-refractivity contribution in [2.45, 2.75) is 12.5 Å². The van der Waals surface area contributed by atoms with E-state index >= 15 is 0 Å². The predicted molar refractivity (Wildman–Crippen MR) is 150 cm³/mol. The molecule has 2 amide bonds. The normalized spacial score (nSPS) is 11.0. The number of anilines is 1. The van der Waals surface area contributed by atoms with Gasteiger partial charge in [0.2, 0.25) is 0 Å². The minimum atomic E-state index is -2.21. The summed E-state index contributed by atoms with van der Waals surface area (Å²) in [5, 5.41) is 13.8. The lowest BCUT2D eigenvalue weighted by atomic mass is 9.85. The minimum Gasteiger partial charge on any atom is -0.462 e. The number of halogens is 2. The topological polar surface area (TPSA) is 95.9 Å². The number of esters is 1. The fourth-order valence-corrected chi connectivity index (χ4v) is 4.15. The summed E-state index contributed by atoms with van der Waals surface area (Å²) in [6.45, 7) is 1.92. The first-order chi connectivity index (χ1) is 18.7. The molecular formula is C30H24Cl2N2O5. The van der Waals surface area contributed by atoms with Gasteiger partial charge in [0.05, 0.1) is 17.9 Å². The van der Waals surface area contributed by atoms with Gasteiger partial charge in [-0.3, -0.25) is 15.0 Å². The highest BCUT2D eigenvalue weighted by Crippen LogP contribution is 2.32. The molecule has 9 heteroatoms. The largest absolute Gasteiger partial charge is 0.462 e. The van der Waals surface area contributed by atoms with Crippen molar-refractivity contribution in [2.24, 2.45) is 0 Å². The molecule has 4 aromatic rings. The maximum absolute atomic E-state index is 13.9. The van der Waals surface area contributed by atoms with Crippen LogP contribution in [0.2, 0.25) is 10.0 Å². The number of amides is 2. The van der Waals surface area contributed by atoms with Crippen molar-refractivity contribution in [2.75, 3.05) is 11.6 Å². The summed E-state index contributed by atoms with van der Waals surface area (Å²) < 4.78 is 5.00. The van der Waals surface area contributed by atoms with E-state index in [0.717, 1.165) is 5.01 Å². The molecule has 0 radical (unpaired) electrons. The van der Waals surface area contributed by atoms with Crippen LogP contribution in [-0.4, -0.2) is 29.5 Å². The maximum atomic E-state index is 13.9. The molecule has 4 rings (SSSR count). The summed E-state index contributed by atoms with van der Waals surface area (Å²) in [7, 11) is 0. The molecule has 4 aromatic carbocycles. The zero-order valence-corrected chi connectivity index (χ0v) is 22.3. The number of nitrogens with one attached hydrogen (secondary N) is 1. The molecule has 0 fully saturated rings. The molecule has 0 saturated heterocycles. The molecule has 0 aliphatic heterocycles. The van der Waals surface area contributed by atoms with E-state index in [1.54, 1.807) is 61.5 Å². The number of ether oxygens (including phenoxy) is 1. The summed E-state index contributed by atoms with van der Waals surface area (Å²) in [5.74, 6) is -2.01. The molecule has 0 saturated carbocycles. The standard InChI is InChI=1S/C30H24Cl2N2O5/c1-2-39-28(36)21-10-8-20(9-11-21)27(35)34(26-6-4-3-5-7-26)33-29(37)30(38,22-12-16-24(31)17-13-22)23-14-18-25(32)19-15-23/h3-19,38H,2H2,1H3,(H,33,37). The Labute approximate surface area is 235 Å². The van der Waals surface area contributed by atoms with Gasteiger partial charge in [0.1, 0.15) is 0 Å². The lowest BCUT2D eigenvalue weighted by Gasteiger charge is -2.32. The number of hydrazine groups is 1. The van der Waals surface area contributed by atoms with Crippen LogP contribution < -0.4 is 10.4 Å². The third-order valence-electron chi connectivity index (χ3n) is 5.93. The number of carbonyl (C=O) groups excluding carboxylic acids is 3. The lowest BCUT2D eigenvalue weighted by molar-refractivity contribution is -0.136. The zero-order chi connectivity index (χ0) is 28.0. The average Bonchev–Trinajstić information content (AvgIpc) is 2.96. The van der Waals surface area contributed by atoms with Gasteiger partial charge in [0.15, 0.2) is 5.60 Å². The molecule has 0 aliphatic rings. The quantitative estimate of drug-likeness (QED) is 0.220. The van der Waals surface area contributed by atoms with E-state index in [1.807, 2.05) is 0 Å². The Balaban J connectivity index is 1.73. The molecule has 198 valence electrons. The third kappa shape index (κ3) is 6.12. The van der Waals surface area contributed by atoms with Gasteiger partial charge in [-0.1, -0.05) is 65.7 Å². The number of benzene rings is 4. The van der Waals surface area contributed by atoms with Crippen molar-refractivity contribution in [3.63, 3.8) is 0 Å². The molecule has 0 heterocycles. The Kier molecular flexibility index (Phi) is 8.66. The second kappa shape index (κ2) is 12.1. The van der Waals surface area contributed by atoms with Crippen LogP contribution in [0.25, 0.3) is 0 Å². The minimum absolute atomic E-state index is 0.189. The molecule has 0 aliphatic carbocycles. The lowest BCUT2D eigenvalue weighted by Crippen LogP contribution is -2.54. The molecule has 0 spiro atoms. The number of hydrogen-bond acceptors (Lipinski definition) is 5. The van der Waals surface area contributed by atoms with Crippen LogP contribution in [0.3, 0.4) is 0 Å². The number of para-hydroxylation sites is 1. The van der Waals surface area contributed by atoms with Gasteiger partial charge in [-0.15, -0.1) is 0 Å². The number of nitrogens with zero attached hydrogens (tertiary/aromatic N) is 1. The fourth-order valence-electron chi connectivity index (χ4n) is 3.90.